The zero-order valence-corrected chi connectivity index (χ0v) is 16.2. The summed E-state index contributed by atoms with van der Waals surface area (Å²) in [7, 11) is 0. The van der Waals surface area contributed by atoms with Gasteiger partial charge in [0.15, 0.2) is 0 Å². The lowest BCUT2D eigenvalue weighted by molar-refractivity contribution is -0.278. The molecule has 0 aliphatic carbocycles. The summed E-state index contributed by atoms with van der Waals surface area (Å²) in [5.41, 5.74) is 6.17. The lowest BCUT2D eigenvalue weighted by Crippen LogP contribution is -2.60. The predicted molar refractivity (Wildman–Crippen MR) is 102 cm³/mol. The first-order chi connectivity index (χ1) is 13.4. The summed E-state index contributed by atoms with van der Waals surface area (Å²) < 4.78 is 16.2. The van der Waals surface area contributed by atoms with Crippen LogP contribution in [0.4, 0.5) is 5.69 Å². The zero-order valence-electron chi connectivity index (χ0n) is 16.2. The van der Waals surface area contributed by atoms with Crippen molar-refractivity contribution in [2.24, 2.45) is 0 Å². The number of aliphatic hydroxyl groups is 3. The van der Waals surface area contributed by atoms with E-state index < -0.39 is 30.7 Å². The third kappa shape index (κ3) is 6.63. The van der Waals surface area contributed by atoms with E-state index in [2.05, 4.69) is 6.92 Å². The molecule has 1 aromatic rings. The van der Waals surface area contributed by atoms with Crippen LogP contribution < -0.4 is 10.5 Å². The van der Waals surface area contributed by atoms with Crippen LogP contribution in [0.15, 0.2) is 24.3 Å². The van der Waals surface area contributed by atoms with Gasteiger partial charge in [-0.2, -0.15) is 0 Å². The molecule has 1 aliphatic heterocycles. The molecule has 1 fully saturated rings. The minimum Gasteiger partial charge on any atom is -0.463 e. The molecular weight excluding hydrogens is 366 g/mol. The van der Waals surface area contributed by atoms with Gasteiger partial charge in [0.2, 0.25) is 6.29 Å². The highest BCUT2D eigenvalue weighted by Crippen LogP contribution is 2.25. The topological polar surface area (TPSA) is 131 Å². The Kier molecular flexibility index (Phi) is 8.98. The van der Waals surface area contributed by atoms with Crippen LogP contribution in [-0.4, -0.2) is 58.6 Å². The van der Waals surface area contributed by atoms with E-state index in [1.54, 1.807) is 24.3 Å². The molecule has 1 aromatic carbocycles. The first kappa shape index (κ1) is 22.4. The Bertz CT molecular complexity index is 595. The van der Waals surface area contributed by atoms with Crippen LogP contribution in [0.25, 0.3) is 0 Å². The van der Waals surface area contributed by atoms with Crippen molar-refractivity contribution in [2.75, 3.05) is 12.3 Å². The van der Waals surface area contributed by atoms with Gasteiger partial charge >= 0.3 is 5.97 Å². The molecule has 8 heteroatoms. The number of hydrogen-bond donors (Lipinski definition) is 4. The number of aliphatic hydroxyl groups excluding tert-OH is 3. The number of unbranched alkanes of at least 4 members (excludes halogenated alkanes) is 4. The maximum atomic E-state index is 11.9. The van der Waals surface area contributed by atoms with E-state index in [0.29, 0.717) is 17.9 Å². The van der Waals surface area contributed by atoms with Gasteiger partial charge in [0.1, 0.15) is 36.8 Å². The number of carbonyl (C=O) groups excluding carboxylic acids is 1. The molecule has 8 nitrogen and oxygen atoms in total. The first-order valence-electron chi connectivity index (χ1n) is 9.80. The van der Waals surface area contributed by atoms with Gasteiger partial charge in [-0.3, -0.25) is 4.79 Å². The molecule has 0 saturated carbocycles. The summed E-state index contributed by atoms with van der Waals surface area (Å²) in [5, 5.41) is 30.3. The normalized spacial score (nSPS) is 27.4. The van der Waals surface area contributed by atoms with Crippen molar-refractivity contribution in [1.82, 2.24) is 0 Å². The van der Waals surface area contributed by atoms with Crippen molar-refractivity contribution < 1.29 is 34.3 Å². The fourth-order valence-electron chi connectivity index (χ4n) is 2.95. The van der Waals surface area contributed by atoms with Gasteiger partial charge in [0.05, 0.1) is 0 Å². The van der Waals surface area contributed by atoms with Crippen LogP contribution in [-0.2, 0) is 14.3 Å². The quantitative estimate of drug-likeness (QED) is 0.264. The van der Waals surface area contributed by atoms with Crippen LogP contribution in [0.1, 0.15) is 45.4 Å². The number of ether oxygens (including phenoxy) is 3. The highest BCUT2D eigenvalue weighted by atomic mass is 16.7. The number of nitrogen functional groups attached to an aromatic ring is 1. The minimum absolute atomic E-state index is 0.236. The Hall–Kier alpha value is -1.87. The van der Waals surface area contributed by atoms with E-state index in [1.807, 2.05) is 0 Å². The Labute approximate surface area is 165 Å². The molecule has 1 aliphatic rings. The summed E-state index contributed by atoms with van der Waals surface area (Å²) in [6.45, 7) is 1.89. The molecule has 0 aromatic heterocycles. The highest BCUT2D eigenvalue weighted by molar-refractivity contribution is 5.69. The second kappa shape index (κ2) is 11.2. The van der Waals surface area contributed by atoms with E-state index in [1.165, 1.54) is 0 Å². The fourth-order valence-corrected chi connectivity index (χ4v) is 2.95. The third-order valence-electron chi connectivity index (χ3n) is 4.69. The van der Waals surface area contributed by atoms with Crippen LogP contribution in [0.2, 0.25) is 0 Å². The largest absolute Gasteiger partial charge is 0.463 e. The Morgan fingerprint density at radius 2 is 1.71 bits per heavy atom. The summed E-state index contributed by atoms with van der Waals surface area (Å²) in [4.78, 5) is 11.9. The number of rotatable bonds is 10. The highest BCUT2D eigenvalue weighted by Gasteiger charge is 2.45. The lowest BCUT2D eigenvalue weighted by Gasteiger charge is -2.39. The van der Waals surface area contributed by atoms with Crippen LogP contribution >= 0.6 is 0 Å². The molecule has 0 radical (unpaired) electrons. The van der Waals surface area contributed by atoms with Gasteiger partial charge < -0.3 is 35.3 Å². The summed E-state index contributed by atoms with van der Waals surface area (Å²) in [6, 6.07) is 6.43. The van der Waals surface area contributed by atoms with Crippen molar-refractivity contribution in [3.63, 3.8) is 0 Å². The molecule has 1 heterocycles. The van der Waals surface area contributed by atoms with Gasteiger partial charge in [-0.25, -0.2) is 0 Å². The number of esters is 1. The Balaban J connectivity index is 1.83. The summed E-state index contributed by atoms with van der Waals surface area (Å²) in [6.07, 6.45) is -1.22. The monoisotopic (exact) mass is 397 g/mol. The van der Waals surface area contributed by atoms with Crippen LogP contribution in [0.3, 0.4) is 0 Å². The molecule has 0 bridgehead atoms. The van der Waals surface area contributed by atoms with E-state index in [0.717, 1.165) is 32.1 Å². The van der Waals surface area contributed by atoms with E-state index >= 15 is 0 Å². The Morgan fingerprint density at radius 1 is 1.04 bits per heavy atom. The minimum atomic E-state index is -1.50. The average molecular weight is 397 g/mol. The van der Waals surface area contributed by atoms with Crippen molar-refractivity contribution in [2.45, 2.75) is 76.2 Å². The van der Waals surface area contributed by atoms with Crippen molar-refractivity contribution in [3.05, 3.63) is 24.3 Å². The van der Waals surface area contributed by atoms with Crippen LogP contribution in [0, 0.1) is 0 Å². The van der Waals surface area contributed by atoms with Gasteiger partial charge in [-0.15, -0.1) is 0 Å². The summed E-state index contributed by atoms with van der Waals surface area (Å²) >= 11 is 0. The average Bonchev–Trinajstić information content (AvgIpc) is 2.69. The van der Waals surface area contributed by atoms with E-state index in [9.17, 15) is 20.1 Å². The van der Waals surface area contributed by atoms with Gasteiger partial charge in [0.25, 0.3) is 0 Å². The first-order valence-corrected chi connectivity index (χ1v) is 9.80. The smallest absolute Gasteiger partial charge is 0.305 e. The molecule has 1 saturated heterocycles. The number of nitrogens with two attached hydrogens (primary N) is 1. The maximum absolute atomic E-state index is 11.9. The van der Waals surface area contributed by atoms with Crippen molar-refractivity contribution in [1.29, 1.82) is 0 Å². The van der Waals surface area contributed by atoms with Crippen molar-refractivity contribution >= 4 is 11.7 Å². The molecule has 0 spiro atoms. The number of benzene rings is 1. The van der Waals surface area contributed by atoms with E-state index in [-0.39, 0.29) is 12.6 Å². The molecule has 0 unspecified atom stereocenters. The van der Waals surface area contributed by atoms with E-state index in [4.69, 9.17) is 19.9 Å². The molecule has 28 heavy (non-hydrogen) atoms. The molecule has 158 valence electrons. The lowest BCUT2D eigenvalue weighted by atomic mass is 9.99. The molecule has 0 amide bonds. The maximum Gasteiger partial charge on any atom is 0.305 e. The Morgan fingerprint density at radius 3 is 2.39 bits per heavy atom. The summed E-state index contributed by atoms with van der Waals surface area (Å²) in [5.74, 6) is -0.00595. The fraction of sp³-hybridized carbons (Fsp3) is 0.650. The zero-order chi connectivity index (χ0) is 20.5. The molecule has 5 N–H and O–H groups in total. The second-order valence-corrected chi connectivity index (χ2v) is 7.05. The standard InChI is InChI=1S/C20H31NO7/c1-2-3-4-5-6-7-16(22)26-12-15-17(23)18(24)19(25)20(28-15)27-14-10-8-13(21)9-11-14/h8-11,15,17-20,23-25H,2-7,12,21H2,1H3/t15-,17-,18+,19-,20-/m1/s1. The van der Waals surface area contributed by atoms with Crippen LogP contribution in [0.5, 0.6) is 5.75 Å². The second-order valence-electron chi connectivity index (χ2n) is 7.05. The van der Waals surface area contributed by atoms with Gasteiger partial charge in [0, 0.05) is 12.1 Å². The number of hydrogen-bond acceptors (Lipinski definition) is 8. The predicted octanol–water partition coefficient (Wildman–Crippen LogP) is 1.36. The van der Waals surface area contributed by atoms with Crippen molar-refractivity contribution in [3.8, 4) is 5.75 Å². The number of anilines is 1. The van der Waals surface area contributed by atoms with Gasteiger partial charge in [-0.05, 0) is 30.7 Å². The molecular formula is C20H31NO7. The SMILES string of the molecule is CCCCCCCC(=O)OC[C@H]1O[C@@H](Oc2ccc(N)cc2)[C@H](O)[C@@H](O)[C@@H]1O. The third-order valence-corrected chi connectivity index (χ3v) is 4.69. The molecule has 5 atom stereocenters. The molecule has 2 rings (SSSR count). The number of carbonyl (C=O) groups is 1. The van der Waals surface area contributed by atoms with Gasteiger partial charge in [-0.1, -0.05) is 32.6 Å².